The highest BCUT2D eigenvalue weighted by molar-refractivity contribution is 7.93. The molecule has 84 valence electrons. The molecular formula is C9H15N3O2S. The van der Waals surface area contributed by atoms with Crippen LogP contribution < -0.4 is 4.72 Å². The van der Waals surface area contributed by atoms with Crippen LogP contribution in [0.3, 0.4) is 0 Å². The van der Waals surface area contributed by atoms with E-state index in [9.17, 15) is 8.42 Å². The molecule has 5 nitrogen and oxygen atoms in total. The molecule has 1 aliphatic rings. The van der Waals surface area contributed by atoms with Crippen molar-refractivity contribution in [2.75, 3.05) is 4.72 Å². The van der Waals surface area contributed by atoms with Gasteiger partial charge in [0.1, 0.15) is 5.82 Å². The average Bonchev–Trinajstić information content (AvgIpc) is 2.71. The first kappa shape index (κ1) is 10.5. The van der Waals surface area contributed by atoms with E-state index >= 15 is 0 Å². The van der Waals surface area contributed by atoms with Crippen molar-refractivity contribution in [3.05, 3.63) is 12.3 Å². The van der Waals surface area contributed by atoms with Gasteiger partial charge in [0, 0.05) is 6.07 Å². The number of nitrogens with zero attached hydrogens (tertiary/aromatic N) is 1. The zero-order valence-corrected chi connectivity index (χ0v) is 9.26. The molecule has 0 amide bonds. The van der Waals surface area contributed by atoms with Gasteiger partial charge in [-0.15, -0.1) is 0 Å². The normalized spacial score (nSPS) is 18.9. The van der Waals surface area contributed by atoms with Gasteiger partial charge in [-0.1, -0.05) is 19.3 Å². The Balaban J connectivity index is 2.05. The zero-order valence-electron chi connectivity index (χ0n) is 8.44. The Morgan fingerprint density at radius 1 is 1.33 bits per heavy atom. The number of aromatic nitrogens is 2. The molecule has 2 N–H and O–H groups in total. The van der Waals surface area contributed by atoms with E-state index < -0.39 is 10.0 Å². The minimum Gasteiger partial charge on any atom is -0.267 e. The summed E-state index contributed by atoms with van der Waals surface area (Å²) in [5.74, 6) is 0.445. The third-order valence-electron chi connectivity index (χ3n) is 2.74. The Hall–Kier alpha value is -1.04. The second-order valence-corrected chi connectivity index (χ2v) is 5.84. The Bertz CT molecular complexity index is 393. The molecule has 1 fully saturated rings. The smallest absolute Gasteiger partial charge is 0.236 e. The average molecular weight is 229 g/mol. The Labute approximate surface area is 89.3 Å². The molecule has 1 aliphatic carbocycles. The van der Waals surface area contributed by atoms with Crippen LogP contribution in [0, 0.1) is 0 Å². The summed E-state index contributed by atoms with van der Waals surface area (Å²) in [5.41, 5.74) is 0. The number of nitrogens with one attached hydrogen (secondary N) is 2. The van der Waals surface area contributed by atoms with E-state index in [0.29, 0.717) is 5.82 Å². The highest BCUT2D eigenvalue weighted by Crippen LogP contribution is 2.24. The maximum atomic E-state index is 11.9. The summed E-state index contributed by atoms with van der Waals surface area (Å²) in [6, 6.07) is 1.61. The SMILES string of the molecule is O=S(=O)(Nc1ccn[nH]1)C1CCCCC1. The predicted molar refractivity (Wildman–Crippen MR) is 58.0 cm³/mol. The fourth-order valence-electron chi connectivity index (χ4n) is 1.92. The van der Waals surface area contributed by atoms with Gasteiger partial charge in [0.15, 0.2) is 0 Å². The predicted octanol–water partition coefficient (Wildman–Crippen LogP) is 1.48. The molecular weight excluding hydrogens is 214 g/mol. The molecule has 1 aromatic heterocycles. The zero-order chi connectivity index (χ0) is 10.7. The molecule has 2 rings (SSSR count). The molecule has 0 atom stereocenters. The lowest BCUT2D eigenvalue weighted by atomic mass is 10.0. The topological polar surface area (TPSA) is 74.8 Å². The van der Waals surface area contributed by atoms with Crippen LogP contribution in [-0.4, -0.2) is 23.9 Å². The summed E-state index contributed by atoms with van der Waals surface area (Å²) >= 11 is 0. The monoisotopic (exact) mass is 229 g/mol. The maximum absolute atomic E-state index is 11.9. The second-order valence-electron chi connectivity index (χ2n) is 3.88. The van der Waals surface area contributed by atoms with Gasteiger partial charge in [-0.05, 0) is 12.8 Å². The Morgan fingerprint density at radius 3 is 2.67 bits per heavy atom. The molecule has 1 heterocycles. The van der Waals surface area contributed by atoms with Crippen LogP contribution in [0.15, 0.2) is 12.3 Å². The minimum absolute atomic E-state index is 0.241. The fraction of sp³-hybridized carbons (Fsp3) is 0.667. The molecule has 0 aromatic carbocycles. The van der Waals surface area contributed by atoms with Crippen molar-refractivity contribution in [3.8, 4) is 0 Å². The van der Waals surface area contributed by atoms with Gasteiger partial charge in [0.25, 0.3) is 0 Å². The fourth-order valence-corrected chi connectivity index (χ4v) is 3.47. The van der Waals surface area contributed by atoms with Gasteiger partial charge in [-0.3, -0.25) is 9.82 Å². The van der Waals surface area contributed by atoms with E-state index in [2.05, 4.69) is 14.9 Å². The van der Waals surface area contributed by atoms with Gasteiger partial charge in [0.05, 0.1) is 11.4 Å². The van der Waals surface area contributed by atoms with E-state index in [1.165, 1.54) is 6.20 Å². The molecule has 0 spiro atoms. The summed E-state index contributed by atoms with van der Waals surface area (Å²) in [6.07, 6.45) is 6.23. The minimum atomic E-state index is -3.23. The number of hydrogen-bond acceptors (Lipinski definition) is 3. The summed E-state index contributed by atoms with van der Waals surface area (Å²) < 4.78 is 26.3. The molecule has 6 heteroatoms. The highest BCUT2D eigenvalue weighted by Gasteiger charge is 2.27. The molecule has 0 unspecified atom stereocenters. The van der Waals surface area contributed by atoms with Crippen LogP contribution in [0.1, 0.15) is 32.1 Å². The maximum Gasteiger partial charge on any atom is 0.236 e. The number of hydrogen-bond donors (Lipinski definition) is 2. The van der Waals surface area contributed by atoms with Crippen molar-refractivity contribution in [3.63, 3.8) is 0 Å². The molecule has 1 saturated carbocycles. The van der Waals surface area contributed by atoms with Crippen LogP contribution >= 0.6 is 0 Å². The van der Waals surface area contributed by atoms with Crippen LogP contribution in [0.4, 0.5) is 5.82 Å². The van der Waals surface area contributed by atoms with E-state index in [4.69, 9.17) is 0 Å². The molecule has 0 radical (unpaired) electrons. The van der Waals surface area contributed by atoms with E-state index in [0.717, 1.165) is 32.1 Å². The van der Waals surface area contributed by atoms with Crippen LogP contribution in [0.2, 0.25) is 0 Å². The number of rotatable bonds is 3. The summed E-state index contributed by atoms with van der Waals surface area (Å²) in [7, 11) is -3.23. The summed E-state index contributed by atoms with van der Waals surface area (Å²) in [5, 5.41) is 6.05. The van der Waals surface area contributed by atoms with E-state index in [1.807, 2.05) is 0 Å². The van der Waals surface area contributed by atoms with Crippen LogP contribution in [0.25, 0.3) is 0 Å². The second kappa shape index (κ2) is 4.22. The lowest BCUT2D eigenvalue weighted by molar-refractivity contribution is 0.486. The number of anilines is 1. The van der Waals surface area contributed by atoms with Crippen molar-refractivity contribution in [1.82, 2.24) is 10.2 Å². The third-order valence-corrected chi connectivity index (χ3v) is 4.60. The molecule has 15 heavy (non-hydrogen) atoms. The van der Waals surface area contributed by atoms with Crippen molar-refractivity contribution in [1.29, 1.82) is 0 Å². The lowest BCUT2D eigenvalue weighted by Gasteiger charge is -2.21. The van der Waals surface area contributed by atoms with Crippen molar-refractivity contribution in [2.24, 2.45) is 0 Å². The molecule has 0 bridgehead atoms. The Kier molecular flexibility index (Phi) is 2.95. The molecule has 0 saturated heterocycles. The van der Waals surface area contributed by atoms with E-state index in [1.54, 1.807) is 6.07 Å². The summed E-state index contributed by atoms with van der Waals surface area (Å²) in [4.78, 5) is 0. The van der Waals surface area contributed by atoms with Crippen molar-refractivity contribution >= 4 is 15.8 Å². The lowest BCUT2D eigenvalue weighted by Crippen LogP contribution is -2.29. The number of sulfonamides is 1. The molecule has 1 aromatic rings. The van der Waals surface area contributed by atoms with Crippen LogP contribution in [-0.2, 0) is 10.0 Å². The van der Waals surface area contributed by atoms with Gasteiger partial charge in [0.2, 0.25) is 10.0 Å². The van der Waals surface area contributed by atoms with E-state index in [-0.39, 0.29) is 5.25 Å². The van der Waals surface area contributed by atoms with Gasteiger partial charge in [-0.2, -0.15) is 5.10 Å². The first-order chi connectivity index (χ1) is 7.18. The number of H-pyrrole nitrogens is 1. The first-order valence-corrected chi connectivity index (χ1v) is 6.74. The first-order valence-electron chi connectivity index (χ1n) is 5.19. The standard InChI is InChI=1S/C9H15N3O2S/c13-15(14,8-4-2-1-3-5-8)12-9-6-7-10-11-9/h6-8H,1-5H2,(H2,10,11,12). The van der Waals surface area contributed by atoms with Crippen molar-refractivity contribution in [2.45, 2.75) is 37.4 Å². The van der Waals surface area contributed by atoms with Gasteiger partial charge >= 0.3 is 0 Å². The van der Waals surface area contributed by atoms with Gasteiger partial charge in [-0.25, -0.2) is 8.42 Å². The van der Waals surface area contributed by atoms with Crippen LogP contribution in [0.5, 0.6) is 0 Å². The summed E-state index contributed by atoms with van der Waals surface area (Å²) in [6.45, 7) is 0. The third kappa shape index (κ3) is 2.50. The van der Waals surface area contributed by atoms with Crippen molar-refractivity contribution < 1.29 is 8.42 Å². The highest BCUT2D eigenvalue weighted by atomic mass is 32.2. The number of aromatic amines is 1. The quantitative estimate of drug-likeness (QED) is 0.824. The largest absolute Gasteiger partial charge is 0.267 e. The van der Waals surface area contributed by atoms with Gasteiger partial charge < -0.3 is 0 Å². The molecule has 0 aliphatic heterocycles. The Morgan fingerprint density at radius 2 is 2.07 bits per heavy atom.